The molecule has 2 atom stereocenters. The number of carbonyl (C=O) groups excluding carboxylic acids is 1. The predicted octanol–water partition coefficient (Wildman–Crippen LogP) is 6.24. The van der Waals surface area contributed by atoms with Crippen LogP contribution in [0, 0.1) is 0 Å². The van der Waals surface area contributed by atoms with Gasteiger partial charge in [0.25, 0.3) is 5.91 Å². The lowest BCUT2D eigenvalue weighted by atomic mass is 9.73. The molecular formula is C34H38Cl2N2O5. The van der Waals surface area contributed by atoms with Crippen LogP contribution in [-0.2, 0) is 15.8 Å². The van der Waals surface area contributed by atoms with E-state index in [-0.39, 0.29) is 17.4 Å². The molecule has 43 heavy (non-hydrogen) atoms. The third-order valence-corrected chi connectivity index (χ3v) is 10.4. The number of hydrogen-bond acceptors (Lipinski definition) is 6. The third-order valence-electron chi connectivity index (χ3n) is 9.64. The van der Waals surface area contributed by atoms with E-state index in [2.05, 4.69) is 23.1 Å². The summed E-state index contributed by atoms with van der Waals surface area (Å²) in [6, 6.07) is 19.2. The van der Waals surface area contributed by atoms with E-state index in [4.69, 9.17) is 37.4 Å². The molecule has 228 valence electrons. The van der Waals surface area contributed by atoms with Gasteiger partial charge in [0.2, 0.25) is 0 Å². The largest absolute Gasteiger partial charge is 0.497 e. The lowest BCUT2D eigenvalue weighted by Crippen LogP contribution is -2.53. The van der Waals surface area contributed by atoms with Gasteiger partial charge in [-0.2, -0.15) is 0 Å². The van der Waals surface area contributed by atoms with E-state index in [9.17, 15) is 9.90 Å². The molecule has 3 aromatic rings. The molecule has 2 aliphatic heterocycles. The molecule has 0 bridgehead atoms. The van der Waals surface area contributed by atoms with Crippen molar-refractivity contribution in [3.63, 3.8) is 0 Å². The molecule has 1 N–H and O–H groups in total. The highest BCUT2D eigenvalue weighted by Gasteiger charge is 2.46. The Bertz CT molecular complexity index is 1470. The molecule has 2 heterocycles. The van der Waals surface area contributed by atoms with E-state index in [1.54, 1.807) is 38.5 Å². The number of methoxy groups -OCH3 is 2. The van der Waals surface area contributed by atoms with E-state index in [0.29, 0.717) is 53.2 Å². The van der Waals surface area contributed by atoms with Gasteiger partial charge in [-0.25, -0.2) is 0 Å². The summed E-state index contributed by atoms with van der Waals surface area (Å²) < 4.78 is 17.4. The molecule has 0 saturated carbocycles. The highest BCUT2D eigenvalue weighted by molar-refractivity contribution is 6.42. The summed E-state index contributed by atoms with van der Waals surface area (Å²) in [7, 11) is 3.15. The Labute approximate surface area is 263 Å². The fourth-order valence-corrected chi connectivity index (χ4v) is 7.50. The van der Waals surface area contributed by atoms with E-state index in [0.717, 1.165) is 50.0 Å². The zero-order chi connectivity index (χ0) is 30.2. The first-order chi connectivity index (χ1) is 20.8. The predicted molar refractivity (Wildman–Crippen MR) is 168 cm³/mol. The number of fused-ring (bicyclic) bond motifs is 2. The molecule has 0 aromatic heterocycles. The van der Waals surface area contributed by atoms with Crippen molar-refractivity contribution in [1.29, 1.82) is 0 Å². The average Bonchev–Trinajstić information content (AvgIpc) is 3.32. The van der Waals surface area contributed by atoms with E-state index in [1.807, 2.05) is 23.1 Å². The maximum atomic E-state index is 13.8. The van der Waals surface area contributed by atoms with Gasteiger partial charge in [-0.3, -0.25) is 4.79 Å². The molecule has 1 aliphatic carbocycles. The lowest BCUT2D eigenvalue weighted by Gasteiger charge is -2.45. The van der Waals surface area contributed by atoms with Gasteiger partial charge in [-0.1, -0.05) is 53.5 Å². The Morgan fingerprint density at radius 1 is 0.977 bits per heavy atom. The second-order valence-electron chi connectivity index (χ2n) is 12.0. The topological polar surface area (TPSA) is 71.5 Å². The SMILES string of the molecule is COc1cc(OC)cc(C(=O)N2CCOC(CCN3CCC4(CC3)CC(O)c3ccccc34)(c3ccc(Cl)c(Cl)c3)C2)c1. The Morgan fingerprint density at radius 3 is 2.40 bits per heavy atom. The molecule has 7 nitrogen and oxygen atoms in total. The number of nitrogens with zero attached hydrogens (tertiary/aromatic N) is 2. The van der Waals surface area contributed by atoms with Crippen LogP contribution < -0.4 is 9.47 Å². The molecule has 3 aromatic carbocycles. The van der Waals surface area contributed by atoms with Crippen molar-refractivity contribution >= 4 is 29.1 Å². The molecule has 2 saturated heterocycles. The monoisotopic (exact) mass is 624 g/mol. The number of hydrogen-bond donors (Lipinski definition) is 1. The molecule has 1 spiro atoms. The standard InChI is InChI=1S/C34H38Cl2N2O5/c1-41-25-17-23(18-26(20-25)42-2)32(40)38-15-16-43-34(22-38,24-7-8-29(35)30(36)19-24)11-14-37-12-9-33(10-13-37)21-31(39)27-5-3-4-6-28(27)33/h3-8,17-20,31,39H,9-16,21-22H2,1-2H3. The molecule has 9 heteroatoms. The van der Waals surface area contributed by atoms with Crippen LogP contribution in [0.3, 0.4) is 0 Å². The first kappa shape index (κ1) is 30.2. The van der Waals surface area contributed by atoms with E-state index >= 15 is 0 Å². The number of morpholine rings is 1. The van der Waals surface area contributed by atoms with Crippen molar-refractivity contribution in [1.82, 2.24) is 9.80 Å². The van der Waals surface area contributed by atoms with Gasteiger partial charge in [0.05, 0.1) is 43.5 Å². The summed E-state index contributed by atoms with van der Waals surface area (Å²) in [5.74, 6) is 1.02. The summed E-state index contributed by atoms with van der Waals surface area (Å²) in [5.41, 5.74) is 3.09. The van der Waals surface area contributed by atoms with Crippen LogP contribution in [0.15, 0.2) is 60.7 Å². The minimum Gasteiger partial charge on any atom is -0.497 e. The number of aliphatic hydroxyl groups excluding tert-OH is 1. The van der Waals surface area contributed by atoms with Gasteiger partial charge in [0.1, 0.15) is 17.1 Å². The maximum Gasteiger partial charge on any atom is 0.254 e. The van der Waals surface area contributed by atoms with E-state index in [1.165, 1.54) is 5.56 Å². The Kier molecular flexibility index (Phi) is 8.64. The summed E-state index contributed by atoms with van der Waals surface area (Å²) in [4.78, 5) is 18.2. The van der Waals surface area contributed by atoms with E-state index < -0.39 is 5.60 Å². The number of piperidine rings is 1. The van der Waals surface area contributed by atoms with Gasteiger partial charge in [-0.05, 0) is 79.7 Å². The van der Waals surface area contributed by atoms with Crippen LogP contribution in [0.2, 0.25) is 10.0 Å². The van der Waals surface area contributed by atoms with Crippen molar-refractivity contribution < 1.29 is 24.1 Å². The minimum atomic E-state index is -0.754. The third kappa shape index (κ3) is 5.86. The zero-order valence-electron chi connectivity index (χ0n) is 24.7. The molecule has 3 aliphatic rings. The summed E-state index contributed by atoms with van der Waals surface area (Å²) in [6.07, 6.45) is 3.10. The molecule has 1 amide bonds. The fraction of sp³-hybridized carbons (Fsp3) is 0.441. The first-order valence-electron chi connectivity index (χ1n) is 14.9. The summed E-state index contributed by atoms with van der Waals surface area (Å²) in [6.45, 7) is 3.91. The first-order valence-corrected chi connectivity index (χ1v) is 15.6. The quantitative estimate of drug-likeness (QED) is 0.335. The lowest BCUT2D eigenvalue weighted by molar-refractivity contribution is -0.113. The number of rotatable bonds is 7. The molecule has 2 unspecified atom stereocenters. The normalized spacial score (nSPS) is 23.3. The molecule has 6 rings (SSSR count). The smallest absolute Gasteiger partial charge is 0.254 e. The van der Waals surface area contributed by atoms with Crippen molar-refractivity contribution in [3.8, 4) is 11.5 Å². The van der Waals surface area contributed by atoms with Crippen LogP contribution in [0.1, 0.15) is 58.8 Å². The summed E-state index contributed by atoms with van der Waals surface area (Å²) >= 11 is 12.8. The van der Waals surface area contributed by atoms with Gasteiger partial charge in [0.15, 0.2) is 0 Å². The number of aliphatic hydroxyl groups is 1. The second-order valence-corrected chi connectivity index (χ2v) is 12.8. The Hall–Kier alpha value is -2.81. The maximum absolute atomic E-state index is 13.8. The van der Waals surface area contributed by atoms with Crippen molar-refractivity contribution in [2.75, 3.05) is 53.6 Å². The van der Waals surface area contributed by atoms with Crippen molar-refractivity contribution in [3.05, 3.63) is 93.0 Å². The van der Waals surface area contributed by atoms with Gasteiger partial charge in [-0.15, -0.1) is 0 Å². The van der Waals surface area contributed by atoms with Crippen LogP contribution in [0.4, 0.5) is 0 Å². The molecular weight excluding hydrogens is 587 g/mol. The zero-order valence-corrected chi connectivity index (χ0v) is 26.2. The van der Waals surface area contributed by atoms with Gasteiger partial charge < -0.3 is 29.1 Å². The van der Waals surface area contributed by atoms with Crippen LogP contribution in [0.25, 0.3) is 0 Å². The summed E-state index contributed by atoms with van der Waals surface area (Å²) in [5, 5.41) is 11.7. The van der Waals surface area contributed by atoms with Crippen molar-refractivity contribution in [2.24, 2.45) is 0 Å². The minimum absolute atomic E-state index is 0.0380. The Morgan fingerprint density at radius 2 is 1.70 bits per heavy atom. The van der Waals surface area contributed by atoms with Crippen LogP contribution in [0.5, 0.6) is 11.5 Å². The van der Waals surface area contributed by atoms with Crippen LogP contribution >= 0.6 is 23.2 Å². The molecule has 2 fully saturated rings. The average molecular weight is 626 g/mol. The van der Waals surface area contributed by atoms with Crippen molar-refractivity contribution in [2.45, 2.75) is 42.8 Å². The number of likely N-dealkylation sites (tertiary alicyclic amines) is 1. The number of ether oxygens (including phenoxy) is 3. The number of halogens is 2. The fourth-order valence-electron chi connectivity index (χ4n) is 7.20. The number of benzene rings is 3. The highest BCUT2D eigenvalue weighted by Crippen LogP contribution is 2.50. The van der Waals surface area contributed by atoms with Crippen LogP contribution in [-0.4, -0.2) is 74.4 Å². The number of amides is 1. The van der Waals surface area contributed by atoms with Gasteiger partial charge >= 0.3 is 0 Å². The Balaban J connectivity index is 1.22. The number of carbonyl (C=O) groups is 1. The molecule has 0 radical (unpaired) electrons. The highest BCUT2D eigenvalue weighted by atomic mass is 35.5. The van der Waals surface area contributed by atoms with Gasteiger partial charge in [0, 0.05) is 30.1 Å². The second kappa shape index (κ2) is 12.3.